The summed E-state index contributed by atoms with van der Waals surface area (Å²) in [6, 6.07) is 3.67. The minimum Gasteiger partial charge on any atom is -0.427 e. The summed E-state index contributed by atoms with van der Waals surface area (Å²) >= 11 is 0. The molecule has 1 aliphatic heterocycles. The second kappa shape index (κ2) is 7.34. The molecule has 0 unspecified atom stereocenters. The van der Waals surface area contributed by atoms with Gasteiger partial charge in [-0.2, -0.15) is 0 Å². The van der Waals surface area contributed by atoms with E-state index in [0.717, 1.165) is 18.4 Å². The molecular formula is C17H26BFN2O2. The number of hydrogen-bond acceptors (Lipinski definition) is 3. The first-order valence-electron chi connectivity index (χ1n) is 8.32. The Morgan fingerprint density at radius 2 is 2.13 bits per heavy atom. The smallest absolute Gasteiger partial charge is 0.327 e. The Bertz CT molecular complexity index is 578. The van der Waals surface area contributed by atoms with Gasteiger partial charge >= 0.3 is 6.92 Å². The van der Waals surface area contributed by atoms with Crippen molar-refractivity contribution in [2.75, 3.05) is 18.4 Å². The molecule has 2 rings (SSSR count). The average Bonchev–Trinajstić information content (AvgIpc) is 2.90. The van der Waals surface area contributed by atoms with Gasteiger partial charge in [0.25, 0.3) is 0 Å². The van der Waals surface area contributed by atoms with Crippen molar-refractivity contribution in [1.82, 2.24) is 5.32 Å². The van der Waals surface area contributed by atoms with Crippen LogP contribution in [0.1, 0.15) is 39.2 Å². The van der Waals surface area contributed by atoms with E-state index < -0.39 is 0 Å². The molecule has 6 heteroatoms. The third-order valence-corrected chi connectivity index (χ3v) is 4.62. The molecule has 0 saturated heterocycles. The second-order valence-electron chi connectivity index (χ2n) is 6.73. The van der Waals surface area contributed by atoms with Gasteiger partial charge in [-0.25, -0.2) is 4.39 Å². The van der Waals surface area contributed by atoms with Crippen molar-refractivity contribution in [3.63, 3.8) is 0 Å². The lowest BCUT2D eigenvalue weighted by molar-refractivity contribution is -0.129. The number of nitrogens with one attached hydrogen (secondary N) is 2. The molecule has 0 spiro atoms. The van der Waals surface area contributed by atoms with Crippen molar-refractivity contribution in [1.29, 1.82) is 0 Å². The van der Waals surface area contributed by atoms with Crippen LogP contribution in [0.15, 0.2) is 12.1 Å². The number of benzene rings is 1. The largest absolute Gasteiger partial charge is 0.427 e. The molecule has 1 aromatic rings. The maximum atomic E-state index is 14.5. The molecule has 0 saturated carbocycles. The Kier molecular flexibility index (Phi) is 5.68. The lowest BCUT2D eigenvalue weighted by Crippen LogP contribution is -2.37. The van der Waals surface area contributed by atoms with Gasteiger partial charge in [0, 0.05) is 18.5 Å². The van der Waals surface area contributed by atoms with E-state index in [1.165, 1.54) is 0 Å². The van der Waals surface area contributed by atoms with Crippen molar-refractivity contribution in [2.24, 2.45) is 5.41 Å². The molecule has 1 heterocycles. The maximum Gasteiger partial charge on any atom is 0.327 e. The van der Waals surface area contributed by atoms with Crippen molar-refractivity contribution in [3.05, 3.63) is 23.5 Å². The molecular weight excluding hydrogens is 294 g/mol. The first-order valence-corrected chi connectivity index (χ1v) is 8.32. The fourth-order valence-corrected chi connectivity index (χ4v) is 2.55. The summed E-state index contributed by atoms with van der Waals surface area (Å²) in [5, 5.41) is 6.04. The zero-order valence-corrected chi connectivity index (χ0v) is 14.5. The predicted octanol–water partition coefficient (Wildman–Crippen LogP) is 2.54. The summed E-state index contributed by atoms with van der Waals surface area (Å²) in [6.07, 6.45) is 1.55. The zero-order valence-electron chi connectivity index (χ0n) is 14.5. The molecule has 0 bridgehead atoms. The van der Waals surface area contributed by atoms with E-state index in [2.05, 4.69) is 10.6 Å². The highest BCUT2D eigenvalue weighted by Gasteiger charge is 2.28. The van der Waals surface area contributed by atoms with Crippen LogP contribution in [-0.2, 0) is 16.1 Å². The van der Waals surface area contributed by atoms with Crippen LogP contribution in [0.2, 0.25) is 6.82 Å². The third-order valence-electron chi connectivity index (χ3n) is 4.62. The number of rotatable bonds is 7. The molecule has 0 aromatic heterocycles. The molecule has 0 aliphatic carbocycles. The van der Waals surface area contributed by atoms with Gasteiger partial charge in [-0.1, -0.05) is 33.7 Å². The van der Waals surface area contributed by atoms with Gasteiger partial charge in [-0.05, 0) is 29.9 Å². The Balaban J connectivity index is 1.80. The van der Waals surface area contributed by atoms with Gasteiger partial charge in [-0.15, -0.1) is 0 Å². The molecule has 0 fully saturated rings. The van der Waals surface area contributed by atoms with E-state index in [9.17, 15) is 9.18 Å². The van der Waals surface area contributed by atoms with Crippen LogP contribution < -0.4 is 16.1 Å². The highest BCUT2D eigenvalue weighted by Crippen LogP contribution is 2.20. The van der Waals surface area contributed by atoms with Crippen LogP contribution in [0.3, 0.4) is 0 Å². The zero-order chi connectivity index (χ0) is 17.0. The maximum absolute atomic E-state index is 14.5. The Morgan fingerprint density at radius 3 is 2.83 bits per heavy atom. The quantitative estimate of drug-likeness (QED) is 0.600. The molecule has 0 radical (unpaired) electrons. The van der Waals surface area contributed by atoms with E-state index in [1.807, 2.05) is 33.7 Å². The molecule has 1 amide bonds. The van der Waals surface area contributed by atoms with Gasteiger partial charge in [0.15, 0.2) is 0 Å². The second-order valence-corrected chi connectivity index (χ2v) is 6.73. The van der Waals surface area contributed by atoms with Crippen LogP contribution in [0, 0.1) is 11.2 Å². The summed E-state index contributed by atoms with van der Waals surface area (Å²) in [4.78, 5) is 11.9. The number of fused-ring (bicyclic) bond motifs is 1. The van der Waals surface area contributed by atoms with E-state index in [-0.39, 0.29) is 24.1 Å². The monoisotopic (exact) mass is 320 g/mol. The topological polar surface area (TPSA) is 50.4 Å². The summed E-state index contributed by atoms with van der Waals surface area (Å²) in [5.74, 6) is -0.154. The highest BCUT2D eigenvalue weighted by atomic mass is 19.1. The first-order chi connectivity index (χ1) is 10.9. The van der Waals surface area contributed by atoms with E-state index in [1.54, 1.807) is 6.07 Å². The van der Waals surface area contributed by atoms with E-state index >= 15 is 0 Å². The molecule has 4 nitrogen and oxygen atoms in total. The number of anilines is 1. The lowest BCUT2D eigenvalue weighted by atomic mass is 9.64. The van der Waals surface area contributed by atoms with Crippen molar-refractivity contribution >= 4 is 24.0 Å². The van der Waals surface area contributed by atoms with Crippen LogP contribution in [0.4, 0.5) is 10.1 Å². The first kappa shape index (κ1) is 17.8. The molecule has 2 N–H and O–H groups in total. The van der Waals surface area contributed by atoms with Gasteiger partial charge < -0.3 is 15.3 Å². The normalized spacial score (nSPS) is 13.9. The van der Waals surface area contributed by atoms with Gasteiger partial charge in [-0.3, -0.25) is 4.79 Å². The van der Waals surface area contributed by atoms with Crippen LogP contribution >= 0.6 is 0 Å². The number of carbonyl (C=O) groups is 1. The number of carbonyl (C=O) groups excluding carboxylic acids is 1. The fourth-order valence-electron chi connectivity index (χ4n) is 2.55. The van der Waals surface area contributed by atoms with E-state index in [4.69, 9.17) is 4.65 Å². The Hall–Kier alpha value is -1.56. The van der Waals surface area contributed by atoms with Crippen molar-refractivity contribution in [2.45, 2.75) is 47.0 Å². The van der Waals surface area contributed by atoms with Crippen molar-refractivity contribution < 1.29 is 13.8 Å². The summed E-state index contributed by atoms with van der Waals surface area (Å²) in [7, 11) is 0. The SMILES string of the molecule is CCC(C)(C)C(=O)NCCCNc1ccc2c(c1F)B(C)OC2. The van der Waals surface area contributed by atoms with Gasteiger partial charge in [0.05, 0.1) is 12.3 Å². The summed E-state index contributed by atoms with van der Waals surface area (Å²) < 4.78 is 19.9. The van der Waals surface area contributed by atoms with Crippen molar-refractivity contribution in [3.8, 4) is 0 Å². The summed E-state index contributed by atoms with van der Waals surface area (Å²) in [6.45, 7) is 9.22. The van der Waals surface area contributed by atoms with Crippen LogP contribution in [0.5, 0.6) is 0 Å². The minimum atomic E-state index is -0.338. The Labute approximate surface area is 138 Å². The molecule has 0 atom stereocenters. The third kappa shape index (κ3) is 4.05. The molecule has 1 aliphatic rings. The highest BCUT2D eigenvalue weighted by molar-refractivity contribution is 6.67. The predicted molar refractivity (Wildman–Crippen MR) is 92.6 cm³/mol. The molecule has 23 heavy (non-hydrogen) atoms. The minimum absolute atomic E-state index is 0.0645. The Morgan fingerprint density at radius 1 is 1.39 bits per heavy atom. The summed E-state index contributed by atoms with van der Waals surface area (Å²) in [5.41, 5.74) is 1.75. The van der Waals surface area contributed by atoms with Crippen LogP contribution in [-0.4, -0.2) is 25.9 Å². The lowest BCUT2D eigenvalue weighted by Gasteiger charge is -2.21. The van der Waals surface area contributed by atoms with Gasteiger partial charge in [0.2, 0.25) is 5.91 Å². The number of amides is 1. The van der Waals surface area contributed by atoms with Crippen LogP contribution in [0.25, 0.3) is 0 Å². The van der Waals surface area contributed by atoms with E-state index in [0.29, 0.717) is 30.8 Å². The average molecular weight is 320 g/mol. The standard InChI is InChI=1S/C17H26BFN2O2/c1-5-17(2,3)16(22)21-10-6-9-20-13-8-7-12-11-23-18(4)14(12)15(13)19/h7-8,20H,5-6,9-11H2,1-4H3,(H,21,22). The van der Waals surface area contributed by atoms with Gasteiger partial charge in [0.1, 0.15) is 5.82 Å². The number of hydrogen-bond donors (Lipinski definition) is 2. The molecule has 1 aromatic carbocycles. The molecule has 126 valence electrons. The fraction of sp³-hybridized carbons (Fsp3) is 0.588. The number of halogens is 1.